The molecule has 0 amide bonds. The van der Waals surface area contributed by atoms with Gasteiger partial charge >= 0.3 is 0 Å². The van der Waals surface area contributed by atoms with E-state index in [-0.39, 0.29) is 0 Å². The molecule has 106 valence electrons. The molecule has 0 aliphatic heterocycles. The molecule has 0 saturated carbocycles. The minimum atomic E-state index is 0.489. The van der Waals surface area contributed by atoms with E-state index in [1.807, 2.05) is 36.4 Å². The molecular formula is C14H10ClN3OS2. The fourth-order valence-corrected chi connectivity index (χ4v) is 3.33. The standard InChI is InChI=1S/C14H10ClN3OS2/c1-19-21-14-16-8-7-10(17-14)12-11(18-13(15)20-12)9-5-3-2-4-6-9/h2-8H,1H3. The van der Waals surface area contributed by atoms with Gasteiger partial charge in [0.15, 0.2) is 4.47 Å². The lowest BCUT2D eigenvalue weighted by atomic mass is 10.1. The van der Waals surface area contributed by atoms with Crippen LogP contribution in [-0.2, 0) is 4.18 Å². The molecule has 0 fully saturated rings. The number of rotatable bonds is 4. The molecule has 0 saturated heterocycles. The van der Waals surface area contributed by atoms with Gasteiger partial charge in [0.2, 0.25) is 5.16 Å². The third-order valence-electron chi connectivity index (χ3n) is 2.67. The second-order valence-electron chi connectivity index (χ2n) is 3.99. The minimum Gasteiger partial charge on any atom is -0.311 e. The molecule has 2 aromatic heterocycles. The Hall–Kier alpha value is -1.47. The van der Waals surface area contributed by atoms with Gasteiger partial charge in [-0.1, -0.05) is 41.9 Å². The maximum absolute atomic E-state index is 6.10. The summed E-state index contributed by atoms with van der Waals surface area (Å²) in [5.41, 5.74) is 2.63. The Morgan fingerprint density at radius 1 is 1.14 bits per heavy atom. The molecule has 0 aliphatic carbocycles. The Morgan fingerprint density at radius 3 is 2.71 bits per heavy atom. The van der Waals surface area contributed by atoms with Crippen LogP contribution < -0.4 is 0 Å². The Balaban J connectivity index is 2.09. The smallest absolute Gasteiger partial charge is 0.215 e. The van der Waals surface area contributed by atoms with Crippen molar-refractivity contribution in [2.75, 3.05) is 7.11 Å². The Labute approximate surface area is 135 Å². The van der Waals surface area contributed by atoms with Gasteiger partial charge in [0, 0.05) is 11.8 Å². The molecule has 0 atom stereocenters. The first-order valence-electron chi connectivity index (χ1n) is 6.04. The van der Waals surface area contributed by atoms with E-state index in [0.29, 0.717) is 9.62 Å². The van der Waals surface area contributed by atoms with Crippen LogP contribution >= 0.6 is 35.0 Å². The summed E-state index contributed by atoms with van der Waals surface area (Å²) in [4.78, 5) is 14.0. The molecular weight excluding hydrogens is 326 g/mol. The third-order valence-corrected chi connectivity index (χ3v) is 4.37. The maximum Gasteiger partial charge on any atom is 0.215 e. The maximum atomic E-state index is 6.10. The van der Waals surface area contributed by atoms with Crippen LogP contribution in [0.2, 0.25) is 4.47 Å². The van der Waals surface area contributed by atoms with Gasteiger partial charge < -0.3 is 4.18 Å². The van der Waals surface area contributed by atoms with E-state index in [4.69, 9.17) is 15.8 Å². The zero-order chi connectivity index (χ0) is 14.7. The summed E-state index contributed by atoms with van der Waals surface area (Å²) < 4.78 is 5.48. The van der Waals surface area contributed by atoms with Gasteiger partial charge in [0.1, 0.15) is 0 Å². The summed E-state index contributed by atoms with van der Waals surface area (Å²) >= 11 is 8.63. The summed E-state index contributed by atoms with van der Waals surface area (Å²) in [6.45, 7) is 0. The van der Waals surface area contributed by atoms with Crippen molar-refractivity contribution in [2.45, 2.75) is 5.16 Å². The average Bonchev–Trinajstić information content (AvgIpc) is 2.91. The van der Waals surface area contributed by atoms with Crippen molar-refractivity contribution >= 4 is 35.0 Å². The minimum absolute atomic E-state index is 0.489. The second-order valence-corrected chi connectivity index (χ2v) is 6.43. The van der Waals surface area contributed by atoms with Crippen molar-refractivity contribution in [1.82, 2.24) is 15.0 Å². The quantitative estimate of drug-likeness (QED) is 0.516. The van der Waals surface area contributed by atoms with Crippen molar-refractivity contribution in [3.8, 4) is 21.8 Å². The number of aromatic nitrogens is 3. The molecule has 0 radical (unpaired) electrons. The molecule has 7 heteroatoms. The summed E-state index contributed by atoms with van der Waals surface area (Å²) in [6, 6.07) is 11.8. The van der Waals surface area contributed by atoms with Gasteiger partial charge in [-0.15, -0.1) is 11.3 Å². The highest BCUT2D eigenvalue weighted by Crippen LogP contribution is 2.38. The summed E-state index contributed by atoms with van der Waals surface area (Å²) in [7, 11) is 1.58. The number of thiazole rings is 1. The third kappa shape index (κ3) is 3.24. The van der Waals surface area contributed by atoms with Gasteiger partial charge in [0.25, 0.3) is 0 Å². The normalized spacial score (nSPS) is 10.8. The molecule has 3 rings (SSSR count). The molecule has 4 nitrogen and oxygen atoms in total. The number of nitrogens with zero attached hydrogens (tertiary/aromatic N) is 3. The molecule has 0 unspecified atom stereocenters. The fourth-order valence-electron chi connectivity index (χ4n) is 1.84. The van der Waals surface area contributed by atoms with Crippen molar-refractivity contribution in [2.24, 2.45) is 0 Å². The first-order chi connectivity index (χ1) is 10.3. The SMILES string of the molecule is COSc1nccc(-c2sc(Cl)nc2-c2ccccc2)n1. The highest BCUT2D eigenvalue weighted by atomic mass is 35.5. The van der Waals surface area contributed by atoms with E-state index >= 15 is 0 Å². The lowest BCUT2D eigenvalue weighted by Crippen LogP contribution is -1.90. The van der Waals surface area contributed by atoms with E-state index in [1.54, 1.807) is 13.3 Å². The van der Waals surface area contributed by atoms with E-state index < -0.39 is 0 Å². The van der Waals surface area contributed by atoms with Crippen LogP contribution in [0.4, 0.5) is 0 Å². The summed E-state index contributed by atoms with van der Waals surface area (Å²) in [5.74, 6) is 0. The van der Waals surface area contributed by atoms with E-state index in [0.717, 1.165) is 33.9 Å². The number of halogens is 1. The van der Waals surface area contributed by atoms with Crippen LogP contribution in [0.1, 0.15) is 0 Å². The van der Waals surface area contributed by atoms with Crippen LogP contribution in [0.5, 0.6) is 0 Å². The van der Waals surface area contributed by atoms with E-state index in [2.05, 4.69) is 15.0 Å². The van der Waals surface area contributed by atoms with Crippen molar-refractivity contribution < 1.29 is 4.18 Å². The Bertz CT molecular complexity index is 749. The Morgan fingerprint density at radius 2 is 1.95 bits per heavy atom. The first-order valence-corrected chi connectivity index (χ1v) is 7.97. The monoisotopic (exact) mass is 335 g/mol. The largest absolute Gasteiger partial charge is 0.311 e. The average molecular weight is 336 g/mol. The lowest BCUT2D eigenvalue weighted by molar-refractivity contribution is 0.486. The second kappa shape index (κ2) is 6.53. The Kier molecular flexibility index (Phi) is 4.50. The first kappa shape index (κ1) is 14.5. The molecule has 2 heterocycles. The van der Waals surface area contributed by atoms with Crippen LogP contribution in [0.15, 0.2) is 47.8 Å². The van der Waals surface area contributed by atoms with E-state index in [9.17, 15) is 0 Å². The van der Waals surface area contributed by atoms with Gasteiger partial charge in [-0.25, -0.2) is 15.0 Å². The number of benzene rings is 1. The number of hydrogen-bond donors (Lipinski definition) is 0. The molecule has 3 aromatic rings. The molecule has 0 aliphatic rings. The molecule has 0 spiro atoms. The summed E-state index contributed by atoms with van der Waals surface area (Å²) in [5, 5.41) is 0.554. The predicted octanol–water partition coefficient (Wildman–Crippen LogP) is 4.57. The zero-order valence-electron chi connectivity index (χ0n) is 11.0. The van der Waals surface area contributed by atoms with Gasteiger partial charge in [-0.2, -0.15) is 0 Å². The zero-order valence-corrected chi connectivity index (χ0v) is 13.4. The molecule has 0 N–H and O–H groups in total. The van der Waals surface area contributed by atoms with Gasteiger partial charge in [0.05, 0.1) is 35.4 Å². The lowest BCUT2D eigenvalue weighted by Gasteiger charge is -2.03. The van der Waals surface area contributed by atoms with Crippen molar-refractivity contribution in [3.05, 3.63) is 47.1 Å². The fraction of sp³-hybridized carbons (Fsp3) is 0.0714. The highest BCUT2D eigenvalue weighted by Gasteiger charge is 2.15. The van der Waals surface area contributed by atoms with Crippen LogP contribution in [0.25, 0.3) is 21.8 Å². The topological polar surface area (TPSA) is 47.9 Å². The summed E-state index contributed by atoms with van der Waals surface area (Å²) in [6.07, 6.45) is 1.70. The number of hydrogen-bond acceptors (Lipinski definition) is 6. The molecule has 0 bridgehead atoms. The van der Waals surface area contributed by atoms with Crippen LogP contribution in [-0.4, -0.2) is 22.1 Å². The van der Waals surface area contributed by atoms with Crippen LogP contribution in [0, 0.1) is 0 Å². The van der Waals surface area contributed by atoms with E-state index in [1.165, 1.54) is 11.3 Å². The van der Waals surface area contributed by atoms with Crippen molar-refractivity contribution in [1.29, 1.82) is 0 Å². The van der Waals surface area contributed by atoms with Gasteiger partial charge in [-0.05, 0) is 6.07 Å². The van der Waals surface area contributed by atoms with Gasteiger partial charge in [-0.3, -0.25) is 0 Å². The predicted molar refractivity (Wildman–Crippen MR) is 86.5 cm³/mol. The van der Waals surface area contributed by atoms with Crippen molar-refractivity contribution in [3.63, 3.8) is 0 Å². The van der Waals surface area contributed by atoms with Crippen LogP contribution in [0.3, 0.4) is 0 Å². The molecule has 1 aromatic carbocycles. The highest BCUT2D eigenvalue weighted by molar-refractivity contribution is 7.94. The molecule has 21 heavy (non-hydrogen) atoms.